The highest BCUT2D eigenvalue weighted by atomic mass is 32.2. The first-order chi connectivity index (χ1) is 8.20. The monoisotopic (exact) mass is 248 g/mol. The molecule has 1 aromatic rings. The highest BCUT2D eigenvalue weighted by Crippen LogP contribution is 2.47. The second-order valence-electron chi connectivity index (χ2n) is 5.31. The fraction of sp³-hybridized carbons (Fsp3) is 0.467. The Bertz CT molecular complexity index is 466. The van der Waals surface area contributed by atoms with Crippen LogP contribution < -0.4 is 0 Å². The molecule has 0 fully saturated rings. The Kier molecular flexibility index (Phi) is 2.78. The average molecular weight is 248 g/mol. The van der Waals surface area contributed by atoms with Crippen molar-refractivity contribution in [3.05, 3.63) is 46.6 Å². The SMILES string of the molecule is CC1(C2C=CSCC2)CCc2cc(F)ccc21. The maximum absolute atomic E-state index is 13.2. The molecule has 0 radical (unpaired) electrons. The van der Waals surface area contributed by atoms with Gasteiger partial charge in [0.05, 0.1) is 0 Å². The molecule has 0 spiro atoms. The van der Waals surface area contributed by atoms with Crippen molar-refractivity contribution >= 4 is 11.8 Å². The number of fused-ring (bicyclic) bond motifs is 1. The predicted octanol–water partition coefficient (Wildman–Crippen LogP) is 4.30. The molecule has 0 nitrogen and oxygen atoms in total. The summed E-state index contributed by atoms with van der Waals surface area (Å²) in [5.74, 6) is 1.74. The minimum Gasteiger partial charge on any atom is -0.207 e. The molecule has 0 saturated carbocycles. The van der Waals surface area contributed by atoms with Crippen molar-refractivity contribution < 1.29 is 4.39 Å². The lowest BCUT2D eigenvalue weighted by Gasteiger charge is -2.35. The number of aryl methyl sites for hydroxylation is 1. The molecule has 17 heavy (non-hydrogen) atoms. The maximum Gasteiger partial charge on any atom is 0.123 e. The van der Waals surface area contributed by atoms with Crippen LogP contribution in [0.5, 0.6) is 0 Å². The summed E-state index contributed by atoms with van der Waals surface area (Å²) in [5, 5.41) is 2.24. The van der Waals surface area contributed by atoms with Crippen molar-refractivity contribution in [2.45, 2.75) is 31.6 Å². The number of thioether (sulfide) groups is 1. The number of allylic oxidation sites excluding steroid dienone is 1. The first kappa shape index (κ1) is 11.3. The van der Waals surface area contributed by atoms with Crippen LogP contribution in [0.2, 0.25) is 0 Å². The van der Waals surface area contributed by atoms with E-state index in [-0.39, 0.29) is 11.2 Å². The van der Waals surface area contributed by atoms with Crippen molar-refractivity contribution in [2.24, 2.45) is 5.92 Å². The number of hydrogen-bond donors (Lipinski definition) is 0. The molecule has 0 saturated heterocycles. The standard InChI is InChI=1S/C15H17FS/c1-15(12-5-8-17-9-6-12)7-4-11-10-13(16)2-3-14(11)15/h2-3,5,8,10,12H,4,6-7,9H2,1H3. The molecule has 0 amide bonds. The maximum atomic E-state index is 13.2. The topological polar surface area (TPSA) is 0 Å². The fourth-order valence-corrected chi connectivity index (χ4v) is 4.11. The lowest BCUT2D eigenvalue weighted by molar-refractivity contribution is 0.338. The molecule has 1 aliphatic heterocycles. The molecule has 90 valence electrons. The van der Waals surface area contributed by atoms with E-state index in [9.17, 15) is 4.39 Å². The van der Waals surface area contributed by atoms with Crippen molar-refractivity contribution in [1.82, 2.24) is 0 Å². The highest BCUT2D eigenvalue weighted by Gasteiger charge is 2.40. The molecule has 1 aromatic carbocycles. The second kappa shape index (κ2) is 4.16. The number of benzene rings is 1. The molecule has 1 heterocycles. The number of hydrogen-bond acceptors (Lipinski definition) is 1. The minimum atomic E-state index is -0.0947. The van der Waals surface area contributed by atoms with Crippen LogP contribution in [0.25, 0.3) is 0 Å². The summed E-state index contributed by atoms with van der Waals surface area (Å²) in [6, 6.07) is 5.35. The summed E-state index contributed by atoms with van der Waals surface area (Å²) in [5.41, 5.74) is 2.82. The molecule has 3 rings (SSSR count). The van der Waals surface area contributed by atoms with Gasteiger partial charge in [0.15, 0.2) is 0 Å². The third-order valence-electron chi connectivity index (χ3n) is 4.37. The summed E-state index contributed by atoms with van der Waals surface area (Å²) in [4.78, 5) is 0. The Labute approximate surface area is 106 Å². The Morgan fingerprint density at radius 3 is 3.06 bits per heavy atom. The molecule has 0 bridgehead atoms. The van der Waals surface area contributed by atoms with Gasteiger partial charge < -0.3 is 0 Å². The van der Waals surface area contributed by atoms with Crippen LogP contribution in [-0.2, 0) is 11.8 Å². The van der Waals surface area contributed by atoms with Gasteiger partial charge in [-0.3, -0.25) is 0 Å². The Balaban J connectivity index is 2.01. The van der Waals surface area contributed by atoms with E-state index in [1.807, 2.05) is 17.8 Å². The van der Waals surface area contributed by atoms with E-state index in [4.69, 9.17) is 0 Å². The fourth-order valence-electron chi connectivity index (χ4n) is 3.28. The van der Waals surface area contributed by atoms with E-state index in [2.05, 4.69) is 18.4 Å². The molecule has 0 N–H and O–H groups in total. The largest absolute Gasteiger partial charge is 0.207 e. The molecule has 1 aliphatic carbocycles. The van der Waals surface area contributed by atoms with E-state index < -0.39 is 0 Å². The molecule has 2 aliphatic rings. The van der Waals surface area contributed by atoms with Gasteiger partial charge in [0.25, 0.3) is 0 Å². The van der Waals surface area contributed by atoms with E-state index >= 15 is 0 Å². The lowest BCUT2D eigenvalue weighted by atomic mass is 9.71. The summed E-state index contributed by atoms with van der Waals surface area (Å²) >= 11 is 1.90. The van der Waals surface area contributed by atoms with Gasteiger partial charge >= 0.3 is 0 Å². The van der Waals surface area contributed by atoms with E-state index in [1.165, 1.54) is 23.3 Å². The quantitative estimate of drug-likeness (QED) is 0.714. The Morgan fingerprint density at radius 1 is 1.41 bits per heavy atom. The summed E-state index contributed by atoms with van der Waals surface area (Å²) < 4.78 is 13.2. The van der Waals surface area contributed by atoms with Crippen molar-refractivity contribution in [3.8, 4) is 0 Å². The van der Waals surface area contributed by atoms with Gasteiger partial charge in [0.1, 0.15) is 5.82 Å². The van der Waals surface area contributed by atoms with E-state index in [0.29, 0.717) is 5.92 Å². The van der Waals surface area contributed by atoms with Gasteiger partial charge in [0, 0.05) is 0 Å². The number of halogens is 1. The van der Waals surface area contributed by atoms with Crippen LogP contribution in [-0.4, -0.2) is 5.75 Å². The first-order valence-corrected chi connectivity index (χ1v) is 7.32. The Hall–Kier alpha value is -0.760. The van der Waals surface area contributed by atoms with Gasteiger partial charge in [-0.1, -0.05) is 19.1 Å². The average Bonchev–Trinajstić information content (AvgIpc) is 2.69. The van der Waals surface area contributed by atoms with Crippen LogP contribution in [0.1, 0.15) is 30.9 Å². The van der Waals surface area contributed by atoms with Crippen LogP contribution in [0.4, 0.5) is 4.39 Å². The van der Waals surface area contributed by atoms with Crippen LogP contribution >= 0.6 is 11.8 Å². The zero-order valence-electron chi connectivity index (χ0n) is 10.1. The van der Waals surface area contributed by atoms with Gasteiger partial charge in [-0.2, -0.15) is 0 Å². The van der Waals surface area contributed by atoms with E-state index in [1.54, 1.807) is 12.1 Å². The van der Waals surface area contributed by atoms with Crippen molar-refractivity contribution in [3.63, 3.8) is 0 Å². The summed E-state index contributed by atoms with van der Waals surface area (Å²) in [6.07, 6.45) is 5.79. The van der Waals surface area contributed by atoms with Gasteiger partial charge in [-0.05, 0) is 65.0 Å². The van der Waals surface area contributed by atoms with Crippen LogP contribution in [0, 0.1) is 11.7 Å². The summed E-state index contributed by atoms with van der Waals surface area (Å²) in [7, 11) is 0. The highest BCUT2D eigenvalue weighted by molar-refractivity contribution is 8.02. The van der Waals surface area contributed by atoms with Gasteiger partial charge in [-0.25, -0.2) is 4.39 Å². The zero-order valence-corrected chi connectivity index (χ0v) is 10.9. The van der Waals surface area contributed by atoms with Gasteiger partial charge in [0.2, 0.25) is 0 Å². The van der Waals surface area contributed by atoms with Crippen LogP contribution in [0.15, 0.2) is 29.7 Å². The molecular weight excluding hydrogens is 231 g/mol. The third kappa shape index (κ3) is 1.83. The second-order valence-corrected chi connectivity index (χ2v) is 6.33. The predicted molar refractivity (Wildman–Crippen MR) is 71.8 cm³/mol. The van der Waals surface area contributed by atoms with E-state index in [0.717, 1.165) is 12.8 Å². The molecule has 2 unspecified atom stereocenters. The number of rotatable bonds is 1. The van der Waals surface area contributed by atoms with Crippen molar-refractivity contribution in [1.29, 1.82) is 0 Å². The molecule has 0 aromatic heterocycles. The molecular formula is C15H17FS. The lowest BCUT2D eigenvalue weighted by Crippen LogP contribution is -2.29. The van der Waals surface area contributed by atoms with Crippen molar-refractivity contribution in [2.75, 3.05) is 5.75 Å². The van der Waals surface area contributed by atoms with Crippen LogP contribution in [0.3, 0.4) is 0 Å². The van der Waals surface area contributed by atoms with Gasteiger partial charge in [-0.15, -0.1) is 11.8 Å². The normalized spacial score (nSPS) is 31.5. The zero-order chi connectivity index (χ0) is 11.9. The smallest absolute Gasteiger partial charge is 0.123 e. The molecule has 2 heteroatoms. The Morgan fingerprint density at radius 2 is 2.29 bits per heavy atom. The first-order valence-electron chi connectivity index (χ1n) is 6.27. The summed E-state index contributed by atoms with van der Waals surface area (Å²) in [6.45, 7) is 2.35. The third-order valence-corrected chi connectivity index (χ3v) is 5.19. The minimum absolute atomic E-state index is 0.0947. The molecule has 2 atom stereocenters.